The summed E-state index contributed by atoms with van der Waals surface area (Å²) in [6.45, 7) is 14.1. The minimum Gasteiger partial charge on any atom is -0.508 e. The fourth-order valence-electron chi connectivity index (χ4n) is 4.19. The van der Waals surface area contributed by atoms with Crippen molar-refractivity contribution in [3.63, 3.8) is 0 Å². The number of likely N-dealkylation sites (tertiary alicyclic amines) is 1. The Kier molecular flexibility index (Phi) is 5.96. The van der Waals surface area contributed by atoms with Crippen LogP contribution in [0.5, 0.6) is 5.75 Å². The van der Waals surface area contributed by atoms with E-state index in [2.05, 4.69) is 19.9 Å². The second-order valence-corrected chi connectivity index (χ2v) is 9.47. The van der Waals surface area contributed by atoms with Crippen LogP contribution >= 0.6 is 0 Å². The van der Waals surface area contributed by atoms with Gasteiger partial charge in [0.15, 0.2) is 5.65 Å². The summed E-state index contributed by atoms with van der Waals surface area (Å²) in [5.74, 6) is -0.857. The number of phenolic OH excluding ortho intramolecular Hbond substituents is 1. The third-order valence-corrected chi connectivity index (χ3v) is 5.66. The van der Waals surface area contributed by atoms with Gasteiger partial charge in [-0.1, -0.05) is 26.8 Å². The van der Waals surface area contributed by atoms with Crippen LogP contribution in [-0.4, -0.2) is 48.8 Å². The molecule has 1 aromatic carbocycles. The molecule has 0 saturated carbocycles. The number of benzene rings is 1. The Morgan fingerprint density at radius 2 is 2.12 bits per heavy atom. The van der Waals surface area contributed by atoms with Crippen LogP contribution in [0.25, 0.3) is 27.1 Å². The molecule has 0 bridgehead atoms. The average molecular weight is 464 g/mol. The van der Waals surface area contributed by atoms with Gasteiger partial charge in [-0.05, 0) is 36.5 Å². The van der Waals surface area contributed by atoms with Gasteiger partial charge < -0.3 is 15.7 Å². The maximum atomic E-state index is 14.7. The van der Waals surface area contributed by atoms with Crippen LogP contribution in [0.15, 0.2) is 36.3 Å². The van der Waals surface area contributed by atoms with Crippen molar-refractivity contribution in [2.75, 3.05) is 18.8 Å². The van der Waals surface area contributed by atoms with E-state index in [0.717, 1.165) is 6.07 Å². The number of aromatic hydroxyl groups is 1. The molecule has 1 aliphatic rings. The third kappa shape index (κ3) is 4.41. The minimum atomic E-state index is -0.568. The summed E-state index contributed by atoms with van der Waals surface area (Å²) >= 11 is 0. The largest absolute Gasteiger partial charge is 0.508 e. The summed E-state index contributed by atoms with van der Waals surface area (Å²) in [5.41, 5.74) is 6.62. The monoisotopic (exact) mass is 463 g/mol. The number of nitrogen functional groups attached to an aromatic ring is 1. The summed E-state index contributed by atoms with van der Waals surface area (Å²) in [6, 6.07) is 3.43. The van der Waals surface area contributed by atoms with E-state index in [1.807, 2.05) is 20.8 Å². The Morgan fingerprint density at radius 3 is 2.82 bits per heavy atom. The molecule has 9 nitrogen and oxygen atoms in total. The molecule has 1 amide bonds. The molecular formula is C24H26FN7O2. The molecule has 0 aliphatic carbocycles. The van der Waals surface area contributed by atoms with Gasteiger partial charge in [0.1, 0.15) is 29.4 Å². The van der Waals surface area contributed by atoms with Crippen molar-refractivity contribution in [3.8, 4) is 17.0 Å². The van der Waals surface area contributed by atoms with Crippen molar-refractivity contribution in [2.24, 2.45) is 5.41 Å². The molecule has 3 aromatic rings. The normalized spacial score (nSPS) is 17.1. The number of nitrogens with two attached hydrogens (primary N) is 1. The molecule has 0 spiro atoms. The van der Waals surface area contributed by atoms with Crippen LogP contribution in [0, 0.1) is 17.8 Å². The van der Waals surface area contributed by atoms with Gasteiger partial charge in [0.05, 0.1) is 18.0 Å². The lowest BCUT2D eigenvalue weighted by atomic mass is 9.95. The Hall–Kier alpha value is -4.00. The quantitative estimate of drug-likeness (QED) is 0.449. The molecule has 176 valence electrons. The highest BCUT2D eigenvalue weighted by atomic mass is 19.1. The number of nitrogens with zero attached hydrogens (tertiary/aromatic N) is 6. The van der Waals surface area contributed by atoms with Gasteiger partial charge in [0.2, 0.25) is 5.70 Å². The number of rotatable bonds is 3. The Balaban J connectivity index is 1.75. The predicted octanol–water partition coefficient (Wildman–Crippen LogP) is 3.93. The van der Waals surface area contributed by atoms with Crippen LogP contribution in [0.3, 0.4) is 0 Å². The van der Waals surface area contributed by atoms with E-state index in [1.54, 1.807) is 15.7 Å². The molecular weight excluding hydrogens is 437 g/mol. The number of allylic oxidation sites excluding steroid dienone is 1. The molecule has 1 aliphatic heterocycles. The second kappa shape index (κ2) is 8.74. The number of fused-ring (bicyclic) bond motifs is 1. The van der Waals surface area contributed by atoms with Crippen molar-refractivity contribution in [1.82, 2.24) is 24.6 Å². The summed E-state index contributed by atoms with van der Waals surface area (Å²) in [7, 11) is 0. The Labute approximate surface area is 196 Å². The lowest BCUT2D eigenvalue weighted by Crippen LogP contribution is -2.41. The van der Waals surface area contributed by atoms with E-state index in [9.17, 15) is 14.3 Å². The SMILES string of the molecule is [C-]#[N+]/C(=C\C(C)(C)C)C(=O)N1CCC[C@@H](n2nc(-c3cc(O)ccc3F)c3c(N)ncnc32)C1. The van der Waals surface area contributed by atoms with Gasteiger partial charge >= 0.3 is 0 Å². The highest BCUT2D eigenvalue weighted by Gasteiger charge is 2.31. The number of aromatic nitrogens is 4. The van der Waals surface area contributed by atoms with E-state index in [1.165, 1.54) is 18.5 Å². The van der Waals surface area contributed by atoms with Crippen LogP contribution < -0.4 is 5.73 Å². The van der Waals surface area contributed by atoms with E-state index >= 15 is 0 Å². The fourth-order valence-corrected chi connectivity index (χ4v) is 4.19. The number of hydrogen-bond donors (Lipinski definition) is 2. The van der Waals surface area contributed by atoms with Crippen molar-refractivity contribution in [1.29, 1.82) is 0 Å². The molecule has 2 aromatic heterocycles. The standard InChI is InChI=1S/C24H26FN7O2/c1-24(2,3)11-18(27-4)23(34)31-9-5-6-14(12-31)32-22-19(21(26)28-13-29-22)20(30-32)16-10-15(33)7-8-17(16)25/h7-8,10-11,13-14,33H,5-6,9,12H2,1-3H3,(H2,26,28,29)/b18-11-/t14-/m1/s1. The number of halogens is 1. The van der Waals surface area contributed by atoms with Crippen molar-refractivity contribution < 1.29 is 14.3 Å². The highest BCUT2D eigenvalue weighted by molar-refractivity contribution is 5.98. The summed E-state index contributed by atoms with van der Waals surface area (Å²) in [6.07, 6.45) is 4.41. The molecule has 3 heterocycles. The van der Waals surface area contributed by atoms with Crippen molar-refractivity contribution >= 4 is 22.8 Å². The van der Waals surface area contributed by atoms with E-state index in [-0.39, 0.29) is 45.9 Å². The number of carbonyl (C=O) groups is 1. The maximum absolute atomic E-state index is 14.7. The molecule has 1 atom stereocenters. The van der Waals surface area contributed by atoms with Gasteiger partial charge in [-0.2, -0.15) is 5.10 Å². The Bertz CT molecular complexity index is 1330. The smallest absolute Gasteiger partial charge is 0.252 e. The lowest BCUT2D eigenvalue weighted by Gasteiger charge is -2.33. The first-order chi connectivity index (χ1) is 16.1. The number of carbonyl (C=O) groups excluding carboxylic acids is 1. The molecule has 0 unspecified atom stereocenters. The van der Waals surface area contributed by atoms with Gasteiger partial charge in [0, 0.05) is 18.7 Å². The number of anilines is 1. The molecule has 1 fully saturated rings. The van der Waals surface area contributed by atoms with E-state index in [0.29, 0.717) is 37.0 Å². The van der Waals surface area contributed by atoms with Gasteiger partial charge in [0.25, 0.3) is 5.91 Å². The zero-order valence-electron chi connectivity index (χ0n) is 19.3. The number of hydrogen-bond acceptors (Lipinski definition) is 6. The minimum absolute atomic E-state index is 0.0809. The number of amides is 1. The van der Waals surface area contributed by atoms with Crippen molar-refractivity contribution in [3.05, 3.63) is 53.5 Å². The fraction of sp³-hybridized carbons (Fsp3) is 0.375. The average Bonchev–Trinajstić information content (AvgIpc) is 3.19. The van der Waals surface area contributed by atoms with E-state index in [4.69, 9.17) is 12.3 Å². The highest BCUT2D eigenvalue weighted by Crippen LogP contribution is 2.36. The predicted molar refractivity (Wildman–Crippen MR) is 126 cm³/mol. The first-order valence-corrected chi connectivity index (χ1v) is 11.0. The first-order valence-electron chi connectivity index (χ1n) is 11.0. The summed E-state index contributed by atoms with van der Waals surface area (Å²) in [5, 5.41) is 14.9. The number of piperidine rings is 1. The molecule has 0 radical (unpaired) electrons. The molecule has 3 N–H and O–H groups in total. The molecule has 4 rings (SSSR count). The van der Waals surface area contributed by atoms with Crippen LogP contribution in [0.1, 0.15) is 39.7 Å². The lowest BCUT2D eigenvalue weighted by molar-refractivity contribution is -0.128. The molecule has 10 heteroatoms. The zero-order valence-corrected chi connectivity index (χ0v) is 19.3. The topological polar surface area (TPSA) is 115 Å². The van der Waals surface area contributed by atoms with Crippen molar-refractivity contribution in [2.45, 2.75) is 39.7 Å². The summed E-state index contributed by atoms with van der Waals surface area (Å²) < 4.78 is 16.3. The van der Waals surface area contributed by atoms with Crippen LogP contribution in [0.4, 0.5) is 10.2 Å². The maximum Gasteiger partial charge on any atom is 0.252 e. The first kappa shape index (κ1) is 23.2. The third-order valence-electron chi connectivity index (χ3n) is 5.66. The van der Waals surface area contributed by atoms with Gasteiger partial charge in [-0.3, -0.25) is 4.79 Å². The van der Waals surface area contributed by atoms with Crippen LogP contribution in [-0.2, 0) is 4.79 Å². The second-order valence-electron chi connectivity index (χ2n) is 9.47. The zero-order chi connectivity index (χ0) is 24.6. The molecule has 1 saturated heterocycles. The van der Waals surface area contributed by atoms with Gasteiger partial charge in [-0.25, -0.2) is 23.9 Å². The summed E-state index contributed by atoms with van der Waals surface area (Å²) in [4.78, 5) is 26.6. The van der Waals surface area contributed by atoms with Gasteiger partial charge in [-0.15, -0.1) is 0 Å². The number of phenols is 1. The Morgan fingerprint density at radius 1 is 1.35 bits per heavy atom. The van der Waals surface area contributed by atoms with E-state index < -0.39 is 5.82 Å². The van der Waals surface area contributed by atoms with Crippen LogP contribution in [0.2, 0.25) is 0 Å². The molecule has 34 heavy (non-hydrogen) atoms.